The van der Waals surface area contributed by atoms with Crippen LogP contribution in [0.2, 0.25) is 0 Å². The van der Waals surface area contributed by atoms with Gasteiger partial charge in [0.25, 0.3) is 0 Å². The number of hydrogen-bond acceptors (Lipinski definition) is 4. The first-order valence-electron chi connectivity index (χ1n) is 6.16. The normalized spacial score (nSPS) is 11.4. The minimum Gasteiger partial charge on any atom is -0.306 e. The first kappa shape index (κ1) is 12.8. The molecule has 0 unspecified atom stereocenters. The highest BCUT2D eigenvalue weighted by Crippen LogP contribution is 2.07. The zero-order chi connectivity index (χ0) is 13.1. The molecule has 1 N–H and O–H groups in total. The van der Waals surface area contributed by atoms with Crippen molar-refractivity contribution in [2.24, 2.45) is 7.05 Å². The van der Waals surface area contributed by atoms with Crippen LogP contribution in [0.4, 0.5) is 0 Å². The van der Waals surface area contributed by atoms with Gasteiger partial charge in [0.1, 0.15) is 12.2 Å². The molecule has 0 spiro atoms. The monoisotopic (exact) mass is 248 g/mol. The molecule has 0 saturated carbocycles. The summed E-state index contributed by atoms with van der Waals surface area (Å²) in [5.74, 6) is 0.964. The first-order chi connectivity index (χ1) is 8.59. The lowest BCUT2D eigenvalue weighted by Crippen LogP contribution is -2.18. The number of rotatable bonds is 5. The molecule has 0 fully saturated rings. The average molecular weight is 248 g/mol. The Labute approximate surface area is 107 Å². The van der Waals surface area contributed by atoms with E-state index < -0.39 is 0 Å². The minimum absolute atomic E-state index is 0.337. The molecule has 0 atom stereocenters. The molecule has 2 rings (SSSR count). The molecule has 0 aliphatic carbocycles. The Bertz CT molecular complexity index is 510. The molecule has 0 radical (unpaired) electrons. The number of nitrogens with zero attached hydrogens (tertiary/aromatic N) is 5. The van der Waals surface area contributed by atoms with Crippen LogP contribution in [0.1, 0.15) is 37.0 Å². The number of aromatic nitrogens is 5. The van der Waals surface area contributed by atoms with Crippen LogP contribution in [-0.2, 0) is 20.1 Å². The highest BCUT2D eigenvalue weighted by Gasteiger charge is 2.08. The molecule has 18 heavy (non-hydrogen) atoms. The van der Waals surface area contributed by atoms with Gasteiger partial charge in [-0.2, -0.15) is 10.2 Å². The maximum Gasteiger partial charge on any atom is 0.141 e. The van der Waals surface area contributed by atoms with Gasteiger partial charge in [0.05, 0.1) is 12.7 Å². The predicted molar refractivity (Wildman–Crippen MR) is 68.9 cm³/mol. The second-order valence-electron chi connectivity index (χ2n) is 4.70. The van der Waals surface area contributed by atoms with E-state index in [2.05, 4.69) is 41.3 Å². The van der Waals surface area contributed by atoms with E-state index >= 15 is 0 Å². The summed E-state index contributed by atoms with van der Waals surface area (Å²) in [6.45, 7) is 7.78. The molecule has 0 aromatic carbocycles. The van der Waals surface area contributed by atoms with Gasteiger partial charge in [-0.05, 0) is 20.8 Å². The largest absolute Gasteiger partial charge is 0.306 e. The molecule has 2 aromatic heterocycles. The van der Waals surface area contributed by atoms with Gasteiger partial charge in [0.15, 0.2) is 0 Å². The van der Waals surface area contributed by atoms with Crippen molar-refractivity contribution in [3.8, 4) is 0 Å². The van der Waals surface area contributed by atoms with Gasteiger partial charge in [-0.15, -0.1) is 0 Å². The van der Waals surface area contributed by atoms with Crippen LogP contribution >= 0.6 is 0 Å². The van der Waals surface area contributed by atoms with E-state index in [0.29, 0.717) is 12.6 Å². The van der Waals surface area contributed by atoms with Crippen molar-refractivity contribution < 1.29 is 0 Å². The number of hydrogen-bond donors (Lipinski definition) is 1. The van der Waals surface area contributed by atoms with Crippen LogP contribution in [0.15, 0.2) is 12.5 Å². The first-order valence-corrected chi connectivity index (χ1v) is 6.16. The van der Waals surface area contributed by atoms with E-state index in [0.717, 1.165) is 12.4 Å². The Balaban J connectivity index is 1.92. The number of nitrogens with one attached hydrogen (secondary N) is 1. The van der Waals surface area contributed by atoms with Crippen LogP contribution in [0.25, 0.3) is 0 Å². The van der Waals surface area contributed by atoms with Crippen LogP contribution in [0.5, 0.6) is 0 Å². The third-order valence-corrected chi connectivity index (χ3v) is 3.07. The van der Waals surface area contributed by atoms with E-state index in [4.69, 9.17) is 0 Å². The zero-order valence-electron chi connectivity index (χ0n) is 11.4. The predicted octanol–water partition coefficient (Wildman–Crippen LogP) is 1.19. The quantitative estimate of drug-likeness (QED) is 0.863. The lowest BCUT2D eigenvalue weighted by atomic mass is 10.2. The average Bonchev–Trinajstić information content (AvgIpc) is 2.91. The molecule has 2 heterocycles. The lowest BCUT2D eigenvalue weighted by molar-refractivity contribution is 0.489. The molecular weight excluding hydrogens is 228 g/mol. The van der Waals surface area contributed by atoms with Crippen molar-refractivity contribution in [2.45, 2.75) is 39.9 Å². The molecule has 6 nitrogen and oxygen atoms in total. The molecular formula is C12H20N6. The Hall–Kier alpha value is -1.69. The van der Waals surface area contributed by atoms with Gasteiger partial charge < -0.3 is 5.32 Å². The molecule has 2 aromatic rings. The van der Waals surface area contributed by atoms with Crippen LogP contribution in [-0.4, -0.2) is 24.5 Å². The summed E-state index contributed by atoms with van der Waals surface area (Å²) in [6, 6.07) is 0.337. The smallest absolute Gasteiger partial charge is 0.141 e. The van der Waals surface area contributed by atoms with Crippen molar-refractivity contribution in [1.82, 2.24) is 29.9 Å². The van der Waals surface area contributed by atoms with E-state index in [-0.39, 0.29) is 0 Å². The maximum absolute atomic E-state index is 4.26. The maximum atomic E-state index is 4.26. The summed E-state index contributed by atoms with van der Waals surface area (Å²) >= 11 is 0. The fourth-order valence-corrected chi connectivity index (χ4v) is 1.86. The van der Waals surface area contributed by atoms with E-state index in [1.54, 1.807) is 6.33 Å². The summed E-state index contributed by atoms with van der Waals surface area (Å²) in [4.78, 5) is 4.26. The summed E-state index contributed by atoms with van der Waals surface area (Å²) in [5, 5.41) is 11.8. The van der Waals surface area contributed by atoms with Gasteiger partial charge in [0, 0.05) is 30.9 Å². The van der Waals surface area contributed by atoms with Gasteiger partial charge in [-0.25, -0.2) is 9.67 Å². The third kappa shape index (κ3) is 2.59. The zero-order valence-corrected chi connectivity index (χ0v) is 11.4. The summed E-state index contributed by atoms with van der Waals surface area (Å²) in [7, 11) is 1.95. The molecule has 0 bridgehead atoms. The Kier molecular flexibility index (Phi) is 3.76. The van der Waals surface area contributed by atoms with E-state index in [1.807, 2.05) is 22.6 Å². The fourth-order valence-electron chi connectivity index (χ4n) is 1.86. The Morgan fingerprint density at radius 3 is 2.67 bits per heavy atom. The molecule has 0 amide bonds. The van der Waals surface area contributed by atoms with Crippen LogP contribution < -0.4 is 5.32 Å². The third-order valence-electron chi connectivity index (χ3n) is 3.07. The van der Waals surface area contributed by atoms with Crippen molar-refractivity contribution in [2.75, 3.05) is 0 Å². The summed E-state index contributed by atoms with van der Waals surface area (Å²) < 4.78 is 3.82. The van der Waals surface area contributed by atoms with Gasteiger partial charge in [0.2, 0.25) is 0 Å². The van der Waals surface area contributed by atoms with Gasteiger partial charge in [-0.3, -0.25) is 4.68 Å². The van der Waals surface area contributed by atoms with Gasteiger partial charge in [-0.1, -0.05) is 0 Å². The molecule has 6 heteroatoms. The summed E-state index contributed by atoms with van der Waals surface area (Å²) in [5.41, 5.74) is 2.40. The second-order valence-corrected chi connectivity index (χ2v) is 4.70. The topological polar surface area (TPSA) is 60.6 Å². The van der Waals surface area contributed by atoms with Crippen LogP contribution in [0.3, 0.4) is 0 Å². The Morgan fingerprint density at radius 1 is 1.28 bits per heavy atom. The van der Waals surface area contributed by atoms with Crippen molar-refractivity contribution in [3.05, 3.63) is 29.6 Å². The highest BCUT2D eigenvalue weighted by molar-refractivity contribution is 5.15. The lowest BCUT2D eigenvalue weighted by Gasteiger charge is -2.09. The van der Waals surface area contributed by atoms with Crippen molar-refractivity contribution >= 4 is 0 Å². The van der Waals surface area contributed by atoms with Crippen molar-refractivity contribution in [3.63, 3.8) is 0 Å². The second kappa shape index (κ2) is 5.30. The van der Waals surface area contributed by atoms with E-state index in [9.17, 15) is 0 Å². The number of aryl methyl sites for hydroxylation is 1. The highest BCUT2D eigenvalue weighted by atomic mass is 15.4. The SMILES string of the molecule is Cc1c(CNCc2ncnn2C(C)C)cnn1C. The molecule has 98 valence electrons. The standard InChI is InChI=1S/C12H20N6/c1-9(2)18-12(14-8-16-18)7-13-5-11-6-15-17(4)10(11)3/h6,8-9,13H,5,7H2,1-4H3. The molecule has 0 aliphatic rings. The molecule has 0 aliphatic heterocycles. The van der Waals surface area contributed by atoms with E-state index in [1.165, 1.54) is 11.3 Å². The van der Waals surface area contributed by atoms with Crippen molar-refractivity contribution in [1.29, 1.82) is 0 Å². The summed E-state index contributed by atoms with van der Waals surface area (Å²) in [6.07, 6.45) is 3.50. The Morgan fingerprint density at radius 2 is 2.06 bits per heavy atom. The van der Waals surface area contributed by atoms with Crippen LogP contribution in [0, 0.1) is 6.92 Å². The fraction of sp³-hybridized carbons (Fsp3) is 0.583. The minimum atomic E-state index is 0.337. The molecule has 0 saturated heterocycles. The van der Waals surface area contributed by atoms with Gasteiger partial charge >= 0.3 is 0 Å².